The second-order valence-corrected chi connectivity index (χ2v) is 3.55. The zero-order chi connectivity index (χ0) is 11.1. The van der Waals surface area contributed by atoms with Gasteiger partial charge in [-0.05, 0) is 18.9 Å². The fourth-order valence-electron chi connectivity index (χ4n) is 1.34. The fraction of sp³-hybridized carbons (Fsp3) is 0.417. The largest absolute Gasteiger partial charge is 0.388 e. The third kappa shape index (κ3) is 4.61. The van der Waals surface area contributed by atoms with Gasteiger partial charge in [0.05, 0.1) is 11.9 Å². The highest BCUT2D eigenvalue weighted by molar-refractivity contribution is 5.76. The molecular formula is C12H18N2O. The van der Waals surface area contributed by atoms with Crippen molar-refractivity contribution in [2.45, 2.75) is 25.9 Å². The SMILES string of the molecule is CC(OCCCC(=N)N)c1ccccc1. The van der Waals surface area contributed by atoms with Gasteiger partial charge in [-0.3, -0.25) is 5.41 Å². The van der Waals surface area contributed by atoms with Crippen molar-refractivity contribution in [1.82, 2.24) is 0 Å². The molecule has 0 amide bonds. The second-order valence-electron chi connectivity index (χ2n) is 3.55. The van der Waals surface area contributed by atoms with Crippen LogP contribution in [0.25, 0.3) is 0 Å². The maximum atomic E-state index is 7.07. The van der Waals surface area contributed by atoms with Crippen molar-refractivity contribution >= 4 is 5.84 Å². The Morgan fingerprint density at radius 2 is 2.07 bits per heavy atom. The minimum absolute atomic E-state index is 0.109. The molecule has 0 aliphatic heterocycles. The van der Waals surface area contributed by atoms with Crippen LogP contribution in [-0.4, -0.2) is 12.4 Å². The average Bonchev–Trinajstić information content (AvgIpc) is 2.25. The number of ether oxygens (including phenoxy) is 1. The number of benzene rings is 1. The van der Waals surface area contributed by atoms with Gasteiger partial charge in [-0.2, -0.15) is 0 Å². The highest BCUT2D eigenvalue weighted by atomic mass is 16.5. The summed E-state index contributed by atoms with van der Waals surface area (Å²) in [5.74, 6) is 0.228. The molecule has 3 nitrogen and oxygen atoms in total. The van der Waals surface area contributed by atoms with Crippen LogP contribution in [0, 0.1) is 5.41 Å². The molecule has 0 aliphatic carbocycles. The Morgan fingerprint density at radius 1 is 1.40 bits per heavy atom. The van der Waals surface area contributed by atoms with E-state index in [-0.39, 0.29) is 11.9 Å². The first-order valence-electron chi connectivity index (χ1n) is 5.19. The number of nitrogens with two attached hydrogens (primary N) is 1. The Hall–Kier alpha value is -1.35. The van der Waals surface area contributed by atoms with E-state index in [1.165, 1.54) is 5.56 Å². The first-order valence-corrected chi connectivity index (χ1v) is 5.19. The molecule has 0 fully saturated rings. The molecule has 82 valence electrons. The summed E-state index contributed by atoms with van der Waals surface area (Å²) >= 11 is 0. The Balaban J connectivity index is 2.25. The summed E-state index contributed by atoms with van der Waals surface area (Å²) in [5.41, 5.74) is 6.43. The van der Waals surface area contributed by atoms with Crippen molar-refractivity contribution in [1.29, 1.82) is 5.41 Å². The highest BCUT2D eigenvalue weighted by Crippen LogP contribution is 2.15. The topological polar surface area (TPSA) is 59.1 Å². The van der Waals surface area contributed by atoms with Crippen molar-refractivity contribution in [3.05, 3.63) is 35.9 Å². The van der Waals surface area contributed by atoms with Crippen LogP contribution in [0.4, 0.5) is 0 Å². The number of hydrogen-bond donors (Lipinski definition) is 2. The molecule has 0 radical (unpaired) electrons. The Bertz CT molecular complexity index is 298. The van der Waals surface area contributed by atoms with E-state index >= 15 is 0 Å². The van der Waals surface area contributed by atoms with Crippen LogP contribution in [0.2, 0.25) is 0 Å². The van der Waals surface area contributed by atoms with Gasteiger partial charge in [-0.1, -0.05) is 30.3 Å². The molecule has 0 spiro atoms. The van der Waals surface area contributed by atoms with E-state index in [0.29, 0.717) is 13.0 Å². The van der Waals surface area contributed by atoms with Crippen molar-refractivity contribution in [2.75, 3.05) is 6.61 Å². The van der Waals surface area contributed by atoms with E-state index in [9.17, 15) is 0 Å². The van der Waals surface area contributed by atoms with Gasteiger partial charge in [0.1, 0.15) is 0 Å². The molecule has 3 heteroatoms. The summed E-state index contributed by atoms with van der Waals surface area (Å²) in [6.45, 7) is 2.68. The van der Waals surface area contributed by atoms with Gasteiger partial charge in [0.25, 0.3) is 0 Å². The minimum Gasteiger partial charge on any atom is -0.388 e. The van der Waals surface area contributed by atoms with Crippen LogP contribution < -0.4 is 5.73 Å². The van der Waals surface area contributed by atoms with Crippen molar-refractivity contribution in [2.24, 2.45) is 5.73 Å². The summed E-state index contributed by atoms with van der Waals surface area (Å²) < 4.78 is 5.63. The molecule has 0 aromatic heterocycles. The maximum absolute atomic E-state index is 7.07. The van der Waals surface area contributed by atoms with Crippen molar-refractivity contribution < 1.29 is 4.74 Å². The molecule has 0 aliphatic rings. The van der Waals surface area contributed by atoms with Gasteiger partial charge in [-0.25, -0.2) is 0 Å². The van der Waals surface area contributed by atoms with E-state index in [1.54, 1.807) is 0 Å². The molecule has 1 rings (SSSR count). The van der Waals surface area contributed by atoms with Crippen LogP contribution in [0.1, 0.15) is 31.4 Å². The van der Waals surface area contributed by atoms with Gasteiger partial charge in [0.2, 0.25) is 0 Å². The standard InChI is InChI=1S/C12H18N2O/c1-10(11-6-3-2-4-7-11)15-9-5-8-12(13)14/h2-4,6-7,10H,5,8-9H2,1H3,(H3,13,14). The smallest absolute Gasteiger partial charge is 0.0906 e. The van der Waals surface area contributed by atoms with E-state index in [1.807, 2.05) is 25.1 Å². The summed E-state index contributed by atoms with van der Waals surface area (Å²) in [5, 5.41) is 7.07. The first kappa shape index (κ1) is 11.7. The first-order chi connectivity index (χ1) is 7.20. The van der Waals surface area contributed by atoms with Crippen LogP contribution in [0.15, 0.2) is 30.3 Å². The summed E-state index contributed by atoms with van der Waals surface area (Å²) in [7, 11) is 0. The number of nitrogens with one attached hydrogen (secondary N) is 1. The molecule has 0 bridgehead atoms. The predicted octanol–water partition coefficient (Wildman–Crippen LogP) is 2.48. The molecule has 3 N–H and O–H groups in total. The van der Waals surface area contributed by atoms with Gasteiger partial charge in [0, 0.05) is 13.0 Å². The van der Waals surface area contributed by atoms with E-state index in [0.717, 1.165) is 6.42 Å². The molecule has 1 atom stereocenters. The molecule has 15 heavy (non-hydrogen) atoms. The number of rotatable bonds is 6. The van der Waals surface area contributed by atoms with Gasteiger partial charge < -0.3 is 10.5 Å². The summed E-state index contributed by atoms with van der Waals surface area (Å²) in [6.07, 6.45) is 1.53. The summed E-state index contributed by atoms with van der Waals surface area (Å²) in [4.78, 5) is 0. The van der Waals surface area contributed by atoms with Crippen molar-refractivity contribution in [3.63, 3.8) is 0 Å². The summed E-state index contributed by atoms with van der Waals surface area (Å²) in [6, 6.07) is 10.1. The van der Waals surface area contributed by atoms with Gasteiger partial charge in [-0.15, -0.1) is 0 Å². The molecule has 1 unspecified atom stereocenters. The zero-order valence-electron chi connectivity index (χ0n) is 9.07. The number of hydrogen-bond acceptors (Lipinski definition) is 2. The lowest BCUT2D eigenvalue weighted by Crippen LogP contribution is -2.11. The van der Waals surface area contributed by atoms with Gasteiger partial charge >= 0.3 is 0 Å². The molecule has 0 heterocycles. The molecule has 0 saturated heterocycles. The average molecular weight is 206 g/mol. The lowest BCUT2D eigenvalue weighted by atomic mass is 10.1. The Morgan fingerprint density at radius 3 is 2.67 bits per heavy atom. The van der Waals surface area contributed by atoms with Gasteiger partial charge in [0.15, 0.2) is 0 Å². The highest BCUT2D eigenvalue weighted by Gasteiger charge is 2.03. The quantitative estimate of drug-likeness (QED) is 0.427. The monoisotopic (exact) mass is 206 g/mol. The van der Waals surface area contributed by atoms with Crippen LogP contribution in [0.5, 0.6) is 0 Å². The fourth-order valence-corrected chi connectivity index (χ4v) is 1.34. The second kappa shape index (κ2) is 6.19. The van der Waals surface area contributed by atoms with Crippen LogP contribution in [-0.2, 0) is 4.74 Å². The number of amidine groups is 1. The van der Waals surface area contributed by atoms with Crippen LogP contribution >= 0.6 is 0 Å². The zero-order valence-corrected chi connectivity index (χ0v) is 9.07. The van der Waals surface area contributed by atoms with E-state index in [4.69, 9.17) is 15.9 Å². The van der Waals surface area contributed by atoms with E-state index < -0.39 is 0 Å². The molecule has 1 aromatic rings. The molecule has 1 aromatic carbocycles. The van der Waals surface area contributed by atoms with Crippen LogP contribution in [0.3, 0.4) is 0 Å². The Kier molecular flexibility index (Phi) is 4.84. The van der Waals surface area contributed by atoms with Crippen molar-refractivity contribution in [3.8, 4) is 0 Å². The van der Waals surface area contributed by atoms with E-state index in [2.05, 4.69) is 12.1 Å². The lowest BCUT2D eigenvalue weighted by Gasteiger charge is -2.12. The lowest BCUT2D eigenvalue weighted by molar-refractivity contribution is 0.0649. The third-order valence-corrected chi connectivity index (χ3v) is 2.23. The minimum atomic E-state index is 0.109. The third-order valence-electron chi connectivity index (χ3n) is 2.23. The maximum Gasteiger partial charge on any atom is 0.0906 e. The Labute approximate surface area is 90.8 Å². The normalized spacial score (nSPS) is 12.3. The molecular weight excluding hydrogens is 188 g/mol. The predicted molar refractivity (Wildman–Crippen MR) is 62.0 cm³/mol. The molecule has 0 saturated carbocycles.